The van der Waals surface area contributed by atoms with Crippen molar-refractivity contribution in [3.63, 3.8) is 0 Å². The number of thioether (sulfide) groups is 1. The molecule has 0 radical (unpaired) electrons. The normalized spacial score (nSPS) is 24.6. The number of nitrogens with one attached hydrogen (secondary N) is 2. The summed E-state index contributed by atoms with van der Waals surface area (Å²) >= 11 is 1.98. The summed E-state index contributed by atoms with van der Waals surface area (Å²) in [5, 5.41) is 7.06. The van der Waals surface area contributed by atoms with Gasteiger partial charge in [-0.3, -0.25) is 0 Å². The summed E-state index contributed by atoms with van der Waals surface area (Å²) in [6, 6.07) is 7.48. The van der Waals surface area contributed by atoms with E-state index in [1.54, 1.807) is 0 Å². The molecule has 2 heterocycles. The van der Waals surface area contributed by atoms with Crippen LogP contribution in [-0.4, -0.2) is 18.8 Å². The molecule has 2 aliphatic heterocycles. The first kappa shape index (κ1) is 10.5. The van der Waals surface area contributed by atoms with E-state index < -0.39 is 0 Å². The predicted octanol–water partition coefficient (Wildman–Crippen LogP) is 3.02. The first-order valence-electron chi connectivity index (χ1n) is 6.17. The fourth-order valence-corrected chi connectivity index (χ4v) is 3.44. The van der Waals surface area contributed by atoms with Crippen LogP contribution in [0.15, 0.2) is 23.1 Å². The van der Waals surface area contributed by atoms with Crippen molar-refractivity contribution >= 4 is 17.4 Å². The molecule has 3 rings (SSSR count). The number of hydrogen-bond donors (Lipinski definition) is 2. The topological polar surface area (TPSA) is 24.1 Å². The first-order chi connectivity index (χ1) is 7.93. The number of piperidine rings is 1. The van der Waals surface area contributed by atoms with E-state index in [1.165, 1.54) is 47.7 Å². The van der Waals surface area contributed by atoms with Gasteiger partial charge < -0.3 is 10.6 Å². The maximum absolute atomic E-state index is 3.61. The Bertz CT molecular complexity index is 372. The lowest BCUT2D eigenvalue weighted by atomic mass is 9.97. The molecule has 86 valence electrons. The van der Waals surface area contributed by atoms with Crippen molar-refractivity contribution in [2.45, 2.75) is 30.2 Å². The number of rotatable bonds is 1. The van der Waals surface area contributed by atoms with Crippen LogP contribution in [0.5, 0.6) is 0 Å². The second-order valence-corrected chi connectivity index (χ2v) is 5.67. The van der Waals surface area contributed by atoms with E-state index in [4.69, 9.17) is 0 Å². The maximum Gasteiger partial charge on any atom is 0.0478 e. The Balaban J connectivity index is 1.84. The van der Waals surface area contributed by atoms with Gasteiger partial charge in [0.25, 0.3) is 0 Å². The van der Waals surface area contributed by atoms with E-state index in [1.807, 2.05) is 11.8 Å². The number of anilines is 1. The minimum Gasteiger partial charge on any atom is -0.383 e. The van der Waals surface area contributed by atoms with Gasteiger partial charge in [-0.25, -0.2) is 0 Å². The molecule has 1 atom stereocenters. The highest BCUT2D eigenvalue weighted by Crippen LogP contribution is 2.34. The third kappa shape index (κ3) is 2.06. The molecular weight excluding hydrogens is 216 g/mol. The molecule has 3 heteroatoms. The molecule has 16 heavy (non-hydrogen) atoms. The Kier molecular flexibility index (Phi) is 3.06. The van der Waals surface area contributed by atoms with E-state index in [0.717, 1.165) is 6.54 Å². The van der Waals surface area contributed by atoms with Gasteiger partial charge in [0.15, 0.2) is 0 Å². The van der Waals surface area contributed by atoms with Crippen LogP contribution in [0.25, 0.3) is 0 Å². The lowest BCUT2D eigenvalue weighted by Gasteiger charge is -2.26. The van der Waals surface area contributed by atoms with Crippen molar-refractivity contribution in [1.29, 1.82) is 0 Å². The smallest absolute Gasteiger partial charge is 0.0478 e. The van der Waals surface area contributed by atoms with Gasteiger partial charge in [-0.05, 0) is 37.1 Å². The molecule has 0 saturated carbocycles. The van der Waals surface area contributed by atoms with Crippen molar-refractivity contribution in [2.24, 2.45) is 0 Å². The van der Waals surface area contributed by atoms with Crippen LogP contribution in [0.4, 0.5) is 5.69 Å². The summed E-state index contributed by atoms with van der Waals surface area (Å²) in [4.78, 5) is 1.43. The number of benzene rings is 1. The lowest BCUT2D eigenvalue weighted by molar-refractivity contribution is 0.412. The predicted molar refractivity (Wildman–Crippen MR) is 70.3 cm³/mol. The van der Waals surface area contributed by atoms with Crippen molar-refractivity contribution in [3.8, 4) is 0 Å². The Morgan fingerprint density at radius 1 is 1.19 bits per heavy atom. The van der Waals surface area contributed by atoms with Crippen molar-refractivity contribution in [3.05, 3.63) is 23.8 Å². The quantitative estimate of drug-likeness (QED) is 0.781. The minimum atomic E-state index is 0.585. The van der Waals surface area contributed by atoms with Crippen LogP contribution in [0.1, 0.15) is 30.9 Å². The van der Waals surface area contributed by atoms with Gasteiger partial charge in [0.1, 0.15) is 0 Å². The van der Waals surface area contributed by atoms with E-state index in [9.17, 15) is 0 Å². The Hall–Kier alpha value is -0.670. The second kappa shape index (κ2) is 4.68. The zero-order valence-corrected chi connectivity index (χ0v) is 10.3. The average molecular weight is 234 g/mol. The van der Waals surface area contributed by atoms with Gasteiger partial charge in [-0.1, -0.05) is 12.5 Å². The highest BCUT2D eigenvalue weighted by atomic mass is 32.2. The molecule has 1 saturated heterocycles. The molecule has 0 aromatic heterocycles. The van der Waals surface area contributed by atoms with Gasteiger partial charge in [-0.15, -0.1) is 11.8 Å². The molecule has 1 unspecified atom stereocenters. The highest BCUT2D eigenvalue weighted by molar-refractivity contribution is 7.99. The highest BCUT2D eigenvalue weighted by Gasteiger charge is 2.17. The molecule has 1 fully saturated rings. The molecule has 2 aliphatic rings. The van der Waals surface area contributed by atoms with Crippen LogP contribution in [0.3, 0.4) is 0 Å². The van der Waals surface area contributed by atoms with Crippen LogP contribution in [-0.2, 0) is 0 Å². The molecule has 2 N–H and O–H groups in total. The third-order valence-electron chi connectivity index (χ3n) is 3.39. The van der Waals surface area contributed by atoms with E-state index in [-0.39, 0.29) is 0 Å². The van der Waals surface area contributed by atoms with Crippen LogP contribution in [0.2, 0.25) is 0 Å². The molecule has 1 aromatic carbocycles. The van der Waals surface area contributed by atoms with Gasteiger partial charge in [0, 0.05) is 28.9 Å². The number of fused-ring (bicyclic) bond motifs is 1. The summed E-state index contributed by atoms with van der Waals surface area (Å²) in [5.74, 6) is 1.19. The Morgan fingerprint density at radius 3 is 3.06 bits per heavy atom. The fraction of sp³-hybridized carbons (Fsp3) is 0.538. The summed E-state index contributed by atoms with van der Waals surface area (Å²) in [6.45, 7) is 2.27. The summed E-state index contributed by atoms with van der Waals surface area (Å²) in [7, 11) is 0. The van der Waals surface area contributed by atoms with Crippen LogP contribution < -0.4 is 10.6 Å². The average Bonchev–Trinajstić information content (AvgIpc) is 2.39. The van der Waals surface area contributed by atoms with Crippen molar-refractivity contribution < 1.29 is 0 Å². The fourth-order valence-electron chi connectivity index (χ4n) is 2.50. The molecular formula is C13H18N2S. The zero-order valence-electron chi connectivity index (χ0n) is 9.46. The van der Waals surface area contributed by atoms with E-state index in [0.29, 0.717) is 6.04 Å². The summed E-state index contributed by atoms with van der Waals surface area (Å²) in [5.41, 5.74) is 2.78. The maximum atomic E-state index is 3.61. The van der Waals surface area contributed by atoms with Gasteiger partial charge in [0.2, 0.25) is 0 Å². The summed E-state index contributed by atoms with van der Waals surface area (Å²) in [6.07, 6.45) is 3.98. The monoisotopic (exact) mass is 234 g/mol. The lowest BCUT2D eigenvalue weighted by Crippen LogP contribution is -2.26. The van der Waals surface area contributed by atoms with E-state index in [2.05, 4.69) is 28.8 Å². The molecule has 2 nitrogen and oxygen atoms in total. The van der Waals surface area contributed by atoms with Crippen molar-refractivity contribution in [2.75, 3.05) is 24.2 Å². The number of hydrogen-bond acceptors (Lipinski definition) is 3. The van der Waals surface area contributed by atoms with Crippen LogP contribution in [0, 0.1) is 0 Å². The standard InChI is InChI=1S/C13H18N2S/c1-2-6-14-11(3-1)10-4-5-12-13(9-10)16-8-7-15-12/h4-5,9,11,14-15H,1-3,6-8H2. The Morgan fingerprint density at radius 2 is 2.19 bits per heavy atom. The van der Waals surface area contributed by atoms with Crippen LogP contribution >= 0.6 is 11.8 Å². The van der Waals surface area contributed by atoms with Gasteiger partial charge >= 0.3 is 0 Å². The Labute approximate surface area is 101 Å². The molecule has 0 aliphatic carbocycles. The van der Waals surface area contributed by atoms with Crippen molar-refractivity contribution in [1.82, 2.24) is 5.32 Å². The van der Waals surface area contributed by atoms with Gasteiger partial charge in [0.05, 0.1) is 0 Å². The largest absolute Gasteiger partial charge is 0.383 e. The SMILES string of the molecule is c1cc2c(cc1C1CCCCN1)SCCN2. The second-order valence-electron chi connectivity index (χ2n) is 4.53. The molecule has 0 spiro atoms. The van der Waals surface area contributed by atoms with E-state index >= 15 is 0 Å². The molecule has 0 amide bonds. The zero-order chi connectivity index (χ0) is 10.8. The third-order valence-corrected chi connectivity index (χ3v) is 4.45. The molecule has 1 aromatic rings. The van der Waals surface area contributed by atoms with Gasteiger partial charge in [-0.2, -0.15) is 0 Å². The first-order valence-corrected chi connectivity index (χ1v) is 7.16. The minimum absolute atomic E-state index is 0.585. The molecule has 0 bridgehead atoms. The summed E-state index contributed by atoms with van der Waals surface area (Å²) < 4.78 is 0.